The molecule has 2 aromatic rings. The summed E-state index contributed by atoms with van der Waals surface area (Å²) in [5, 5.41) is 0.668. The number of benzene rings is 1. The molecule has 1 heterocycles. The van der Waals surface area contributed by atoms with Crippen molar-refractivity contribution in [3.05, 3.63) is 58.5 Å². The Hall–Kier alpha value is -1.29. The summed E-state index contributed by atoms with van der Waals surface area (Å²) < 4.78 is 5.43. The van der Waals surface area contributed by atoms with Crippen molar-refractivity contribution < 1.29 is 4.42 Å². The smallest absolute Gasteiger partial charge is 0.129 e. The Morgan fingerprint density at radius 3 is 2.62 bits per heavy atom. The molecule has 0 radical (unpaired) electrons. The quantitative estimate of drug-likeness (QED) is 0.637. The molecule has 0 spiro atoms. The number of nitrogens with two attached hydrogens (primary N) is 1. The van der Waals surface area contributed by atoms with Gasteiger partial charge in [-0.25, -0.2) is 5.43 Å². The molecule has 0 aliphatic rings. The summed E-state index contributed by atoms with van der Waals surface area (Å²) >= 11 is 6.13. The molecule has 0 amide bonds. The van der Waals surface area contributed by atoms with Crippen molar-refractivity contribution in [3.63, 3.8) is 0 Å². The molecule has 0 aliphatic carbocycles. The second-order valence-corrected chi connectivity index (χ2v) is 4.00. The first-order chi connectivity index (χ1) is 7.74. The Labute approximate surface area is 99.2 Å². The summed E-state index contributed by atoms with van der Waals surface area (Å²) in [6.45, 7) is 1.97. The van der Waals surface area contributed by atoms with E-state index in [1.54, 1.807) is 6.26 Å². The van der Waals surface area contributed by atoms with Gasteiger partial charge in [-0.05, 0) is 30.2 Å². The van der Waals surface area contributed by atoms with E-state index in [-0.39, 0.29) is 6.04 Å². The highest BCUT2D eigenvalue weighted by molar-refractivity contribution is 6.31. The highest BCUT2D eigenvalue weighted by atomic mass is 35.5. The lowest BCUT2D eigenvalue weighted by Gasteiger charge is -2.16. The van der Waals surface area contributed by atoms with Crippen LogP contribution in [-0.4, -0.2) is 0 Å². The number of hydrazine groups is 1. The lowest BCUT2D eigenvalue weighted by molar-refractivity contribution is 0.449. The van der Waals surface area contributed by atoms with Crippen molar-refractivity contribution in [1.29, 1.82) is 0 Å². The molecule has 2 rings (SSSR count). The summed E-state index contributed by atoms with van der Waals surface area (Å²) in [6.07, 6.45) is 1.64. The SMILES string of the molecule is Cc1ccoc1C(NN)c1ccccc1Cl. The molecule has 84 valence electrons. The van der Waals surface area contributed by atoms with E-state index in [0.717, 1.165) is 16.9 Å². The third-order valence-electron chi connectivity index (χ3n) is 2.55. The van der Waals surface area contributed by atoms with Crippen LogP contribution in [-0.2, 0) is 0 Å². The highest BCUT2D eigenvalue weighted by Gasteiger charge is 2.19. The molecule has 1 aromatic heterocycles. The molecule has 3 N–H and O–H groups in total. The van der Waals surface area contributed by atoms with E-state index in [0.29, 0.717) is 5.02 Å². The van der Waals surface area contributed by atoms with E-state index in [1.165, 1.54) is 0 Å². The Morgan fingerprint density at radius 2 is 2.06 bits per heavy atom. The Bertz CT molecular complexity index is 481. The van der Waals surface area contributed by atoms with E-state index in [9.17, 15) is 0 Å². The molecule has 4 heteroatoms. The standard InChI is InChI=1S/C12H13ClN2O/c1-8-6-7-16-12(8)11(15-14)9-4-2-3-5-10(9)13/h2-7,11,15H,14H2,1H3. The molecule has 1 atom stereocenters. The van der Waals surface area contributed by atoms with Crippen molar-refractivity contribution in [2.75, 3.05) is 0 Å². The van der Waals surface area contributed by atoms with Gasteiger partial charge in [-0.1, -0.05) is 29.8 Å². The maximum atomic E-state index is 6.13. The first-order valence-corrected chi connectivity index (χ1v) is 5.36. The number of hydrogen-bond donors (Lipinski definition) is 2. The molecule has 16 heavy (non-hydrogen) atoms. The van der Waals surface area contributed by atoms with E-state index in [4.69, 9.17) is 21.9 Å². The second-order valence-electron chi connectivity index (χ2n) is 3.59. The van der Waals surface area contributed by atoms with Gasteiger partial charge in [0.15, 0.2) is 0 Å². The van der Waals surface area contributed by atoms with Gasteiger partial charge in [0, 0.05) is 5.02 Å². The monoisotopic (exact) mass is 236 g/mol. The van der Waals surface area contributed by atoms with Gasteiger partial charge in [0.05, 0.1) is 6.26 Å². The van der Waals surface area contributed by atoms with Gasteiger partial charge in [-0.2, -0.15) is 0 Å². The number of hydrogen-bond acceptors (Lipinski definition) is 3. The van der Waals surface area contributed by atoms with Crippen molar-refractivity contribution in [2.45, 2.75) is 13.0 Å². The summed E-state index contributed by atoms with van der Waals surface area (Å²) in [7, 11) is 0. The summed E-state index contributed by atoms with van der Waals surface area (Å²) in [5.74, 6) is 6.35. The number of halogens is 1. The first-order valence-electron chi connectivity index (χ1n) is 4.98. The summed E-state index contributed by atoms with van der Waals surface area (Å²) in [5.41, 5.74) is 4.68. The van der Waals surface area contributed by atoms with Gasteiger partial charge in [0.1, 0.15) is 11.8 Å². The minimum absolute atomic E-state index is 0.219. The van der Waals surface area contributed by atoms with Crippen LogP contribution in [0.2, 0.25) is 5.02 Å². The van der Waals surface area contributed by atoms with Crippen LogP contribution in [0.15, 0.2) is 41.0 Å². The molecule has 3 nitrogen and oxygen atoms in total. The average molecular weight is 237 g/mol. The Morgan fingerprint density at radius 1 is 1.31 bits per heavy atom. The van der Waals surface area contributed by atoms with Crippen LogP contribution in [0.4, 0.5) is 0 Å². The fourth-order valence-corrected chi connectivity index (χ4v) is 1.94. The third kappa shape index (κ3) is 1.97. The minimum Gasteiger partial charge on any atom is -0.467 e. The van der Waals surface area contributed by atoms with Gasteiger partial charge < -0.3 is 4.42 Å². The zero-order chi connectivity index (χ0) is 11.5. The fourth-order valence-electron chi connectivity index (χ4n) is 1.70. The molecular formula is C12H13ClN2O. The van der Waals surface area contributed by atoms with Gasteiger partial charge >= 0.3 is 0 Å². The molecular weight excluding hydrogens is 224 g/mol. The number of rotatable bonds is 3. The van der Waals surface area contributed by atoms with Crippen LogP contribution in [0.3, 0.4) is 0 Å². The maximum Gasteiger partial charge on any atom is 0.129 e. The molecule has 0 saturated heterocycles. The number of nitrogens with one attached hydrogen (secondary N) is 1. The van der Waals surface area contributed by atoms with Crippen molar-refractivity contribution >= 4 is 11.6 Å². The van der Waals surface area contributed by atoms with E-state index in [2.05, 4.69) is 5.43 Å². The van der Waals surface area contributed by atoms with E-state index < -0.39 is 0 Å². The topological polar surface area (TPSA) is 51.2 Å². The predicted molar refractivity (Wildman–Crippen MR) is 64.1 cm³/mol. The first kappa shape index (κ1) is 11.2. The predicted octanol–water partition coefficient (Wildman–Crippen LogP) is 2.79. The van der Waals surface area contributed by atoms with Gasteiger partial charge in [-0.3, -0.25) is 5.84 Å². The Kier molecular flexibility index (Phi) is 3.29. The average Bonchev–Trinajstić information content (AvgIpc) is 2.69. The fraction of sp³-hybridized carbons (Fsp3) is 0.167. The van der Waals surface area contributed by atoms with Crippen LogP contribution < -0.4 is 11.3 Å². The number of furan rings is 1. The maximum absolute atomic E-state index is 6.13. The van der Waals surface area contributed by atoms with Crippen LogP contribution in [0.25, 0.3) is 0 Å². The largest absolute Gasteiger partial charge is 0.467 e. The minimum atomic E-state index is -0.219. The molecule has 1 unspecified atom stereocenters. The van der Waals surface area contributed by atoms with Crippen LogP contribution in [0.1, 0.15) is 22.9 Å². The van der Waals surface area contributed by atoms with E-state index >= 15 is 0 Å². The summed E-state index contributed by atoms with van der Waals surface area (Å²) in [4.78, 5) is 0. The highest BCUT2D eigenvalue weighted by Crippen LogP contribution is 2.29. The third-order valence-corrected chi connectivity index (χ3v) is 2.89. The molecule has 0 fully saturated rings. The Balaban J connectivity index is 2.45. The van der Waals surface area contributed by atoms with E-state index in [1.807, 2.05) is 37.3 Å². The normalized spacial score (nSPS) is 12.7. The lowest BCUT2D eigenvalue weighted by atomic mass is 10.0. The van der Waals surface area contributed by atoms with Gasteiger partial charge in [-0.15, -0.1) is 0 Å². The molecule has 0 bridgehead atoms. The second kappa shape index (κ2) is 4.70. The van der Waals surface area contributed by atoms with Crippen molar-refractivity contribution in [3.8, 4) is 0 Å². The number of aryl methyl sites for hydroxylation is 1. The summed E-state index contributed by atoms with van der Waals surface area (Å²) in [6, 6.07) is 9.24. The lowest BCUT2D eigenvalue weighted by Crippen LogP contribution is -2.29. The molecule has 1 aromatic carbocycles. The molecule has 0 saturated carbocycles. The zero-order valence-electron chi connectivity index (χ0n) is 8.91. The molecule has 0 aliphatic heterocycles. The van der Waals surface area contributed by atoms with Crippen molar-refractivity contribution in [1.82, 2.24) is 5.43 Å². The van der Waals surface area contributed by atoms with Crippen molar-refractivity contribution in [2.24, 2.45) is 5.84 Å². The zero-order valence-corrected chi connectivity index (χ0v) is 9.66. The van der Waals surface area contributed by atoms with Crippen LogP contribution in [0, 0.1) is 6.92 Å². The van der Waals surface area contributed by atoms with Gasteiger partial charge in [0.25, 0.3) is 0 Å². The van der Waals surface area contributed by atoms with Crippen LogP contribution >= 0.6 is 11.6 Å². The van der Waals surface area contributed by atoms with Crippen LogP contribution in [0.5, 0.6) is 0 Å². The van der Waals surface area contributed by atoms with Gasteiger partial charge in [0.2, 0.25) is 0 Å².